The molecule has 116 valence electrons. The lowest BCUT2D eigenvalue weighted by atomic mass is 9.81. The van der Waals surface area contributed by atoms with Crippen molar-refractivity contribution in [3.8, 4) is 11.5 Å². The molecule has 2 aliphatic rings. The topological polar surface area (TPSA) is 30.5 Å². The number of rotatable bonds is 5. The second kappa shape index (κ2) is 7.01. The van der Waals surface area contributed by atoms with Crippen molar-refractivity contribution < 1.29 is 9.47 Å². The van der Waals surface area contributed by atoms with Crippen LogP contribution in [0.3, 0.4) is 0 Å². The molecule has 0 radical (unpaired) electrons. The highest BCUT2D eigenvalue weighted by Crippen LogP contribution is 2.37. The zero-order chi connectivity index (χ0) is 14.7. The number of hydrogen-bond acceptors (Lipinski definition) is 3. The zero-order valence-electron chi connectivity index (χ0n) is 12.7. The third-order valence-electron chi connectivity index (χ3n) is 4.72. The van der Waals surface area contributed by atoms with Crippen LogP contribution in [-0.2, 0) is 6.54 Å². The monoisotopic (exact) mass is 353 g/mol. The van der Waals surface area contributed by atoms with Gasteiger partial charge in [-0.3, -0.25) is 0 Å². The largest absolute Gasteiger partial charge is 0.454 e. The summed E-state index contributed by atoms with van der Waals surface area (Å²) in [6, 6.07) is 4.07. The maximum atomic E-state index is 5.43. The predicted molar refractivity (Wildman–Crippen MR) is 87.7 cm³/mol. The summed E-state index contributed by atoms with van der Waals surface area (Å²) >= 11 is 3.61. The summed E-state index contributed by atoms with van der Waals surface area (Å²) in [4.78, 5) is 0. The SMILES string of the molecule is CC1CCC(CCNCc2cc3c(cc2Br)OCO3)CC1. The first-order valence-corrected chi connectivity index (χ1v) is 8.80. The molecule has 0 bridgehead atoms. The maximum Gasteiger partial charge on any atom is 0.231 e. The van der Waals surface area contributed by atoms with Gasteiger partial charge in [-0.25, -0.2) is 0 Å². The van der Waals surface area contributed by atoms with Crippen molar-refractivity contribution in [1.82, 2.24) is 5.32 Å². The molecule has 21 heavy (non-hydrogen) atoms. The molecule has 3 rings (SSSR count). The van der Waals surface area contributed by atoms with Gasteiger partial charge in [-0.1, -0.05) is 48.5 Å². The summed E-state index contributed by atoms with van der Waals surface area (Å²) in [5, 5.41) is 3.57. The molecule has 1 N–H and O–H groups in total. The van der Waals surface area contributed by atoms with Crippen LogP contribution in [0.2, 0.25) is 0 Å². The van der Waals surface area contributed by atoms with Crippen LogP contribution in [0, 0.1) is 11.8 Å². The first kappa shape index (κ1) is 15.2. The minimum absolute atomic E-state index is 0.332. The molecule has 1 heterocycles. The highest BCUT2D eigenvalue weighted by molar-refractivity contribution is 9.10. The fourth-order valence-corrected chi connectivity index (χ4v) is 3.70. The molecule has 1 aromatic rings. The summed E-state index contributed by atoms with van der Waals surface area (Å²) in [6.45, 7) is 4.69. The van der Waals surface area contributed by atoms with Gasteiger partial charge in [-0.2, -0.15) is 0 Å². The molecular formula is C17H24BrNO2. The van der Waals surface area contributed by atoms with Crippen LogP contribution in [-0.4, -0.2) is 13.3 Å². The van der Waals surface area contributed by atoms with Crippen molar-refractivity contribution in [2.75, 3.05) is 13.3 Å². The van der Waals surface area contributed by atoms with Crippen LogP contribution in [0.15, 0.2) is 16.6 Å². The second-order valence-corrected chi connectivity index (χ2v) is 7.24. The Bertz CT molecular complexity index is 484. The quantitative estimate of drug-likeness (QED) is 0.791. The third kappa shape index (κ3) is 3.92. The minimum atomic E-state index is 0.332. The van der Waals surface area contributed by atoms with Crippen LogP contribution in [0.1, 0.15) is 44.6 Å². The van der Waals surface area contributed by atoms with E-state index in [1.165, 1.54) is 37.7 Å². The lowest BCUT2D eigenvalue weighted by molar-refractivity contribution is 0.174. The van der Waals surface area contributed by atoms with E-state index < -0.39 is 0 Å². The first-order valence-electron chi connectivity index (χ1n) is 8.01. The van der Waals surface area contributed by atoms with E-state index in [1.54, 1.807) is 0 Å². The lowest BCUT2D eigenvalue weighted by Crippen LogP contribution is -2.20. The smallest absolute Gasteiger partial charge is 0.231 e. The van der Waals surface area contributed by atoms with Crippen LogP contribution in [0.4, 0.5) is 0 Å². The minimum Gasteiger partial charge on any atom is -0.454 e. The van der Waals surface area contributed by atoms with Crippen LogP contribution in [0.5, 0.6) is 11.5 Å². The van der Waals surface area contributed by atoms with Crippen molar-refractivity contribution in [2.45, 2.75) is 45.6 Å². The molecule has 0 aromatic heterocycles. The fraction of sp³-hybridized carbons (Fsp3) is 0.647. The predicted octanol–water partition coefficient (Wildman–Crippen LogP) is 4.48. The van der Waals surface area contributed by atoms with Crippen LogP contribution >= 0.6 is 15.9 Å². The summed E-state index contributed by atoms with van der Waals surface area (Å²) in [5.74, 6) is 3.56. The molecule has 0 unspecified atom stereocenters. The Morgan fingerprint density at radius 1 is 1.14 bits per heavy atom. The fourth-order valence-electron chi connectivity index (χ4n) is 3.24. The number of ether oxygens (including phenoxy) is 2. The van der Waals surface area contributed by atoms with Gasteiger partial charge in [-0.05, 0) is 42.5 Å². The van der Waals surface area contributed by atoms with Gasteiger partial charge in [0.25, 0.3) is 0 Å². The van der Waals surface area contributed by atoms with Crippen LogP contribution in [0.25, 0.3) is 0 Å². The summed E-state index contributed by atoms with van der Waals surface area (Å²) < 4.78 is 11.9. The molecule has 0 spiro atoms. The van der Waals surface area contributed by atoms with Gasteiger partial charge in [-0.15, -0.1) is 0 Å². The standard InChI is InChI=1S/C17H24BrNO2/c1-12-2-4-13(5-3-12)6-7-19-10-14-8-16-17(9-15(14)18)21-11-20-16/h8-9,12-13,19H,2-7,10-11H2,1H3. The molecule has 0 saturated heterocycles. The van der Waals surface area contributed by atoms with Gasteiger partial charge >= 0.3 is 0 Å². The lowest BCUT2D eigenvalue weighted by Gasteiger charge is -2.26. The van der Waals surface area contributed by atoms with Crippen molar-refractivity contribution in [3.05, 3.63) is 22.2 Å². The van der Waals surface area contributed by atoms with Gasteiger partial charge in [0.05, 0.1) is 0 Å². The molecule has 4 heteroatoms. The Hall–Kier alpha value is -0.740. The Balaban J connectivity index is 1.43. The van der Waals surface area contributed by atoms with E-state index in [0.29, 0.717) is 6.79 Å². The average Bonchev–Trinajstić information content (AvgIpc) is 2.92. The Morgan fingerprint density at radius 2 is 1.86 bits per heavy atom. The number of benzene rings is 1. The van der Waals surface area contributed by atoms with Crippen LogP contribution < -0.4 is 14.8 Å². The molecule has 0 atom stereocenters. The molecule has 1 saturated carbocycles. The molecule has 1 aromatic carbocycles. The molecule has 1 aliphatic heterocycles. The summed E-state index contributed by atoms with van der Waals surface area (Å²) in [7, 11) is 0. The average molecular weight is 354 g/mol. The van der Waals surface area contributed by atoms with Crippen molar-refractivity contribution in [3.63, 3.8) is 0 Å². The summed E-state index contributed by atoms with van der Waals surface area (Å²) in [5.41, 5.74) is 1.23. The Labute approximate surface area is 135 Å². The Morgan fingerprint density at radius 3 is 2.62 bits per heavy atom. The maximum absolute atomic E-state index is 5.43. The highest BCUT2D eigenvalue weighted by atomic mass is 79.9. The molecule has 1 aliphatic carbocycles. The van der Waals surface area contributed by atoms with Crippen molar-refractivity contribution in [1.29, 1.82) is 0 Å². The van der Waals surface area contributed by atoms with Crippen molar-refractivity contribution >= 4 is 15.9 Å². The van der Waals surface area contributed by atoms with E-state index in [4.69, 9.17) is 9.47 Å². The highest BCUT2D eigenvalue weighted by Gasteiger charge is 2.18. The molecule has 3 nitrogen and oxygen atoms in total. The van der Waals surface area contributed by atoms with Gasteiger partial charge in [0.1, 0.15) is 0 Å². The number of halogens is 1. The number of hydrogen-bond donors (Lipinski definition) is 1. The molecular weight excluding hydrogens is 330 g/mol. The normalized spacial score (nSPS) is 24.3. The molecule has 0 amide bonds. The third-order valence-corrected chi connectivity index (χ3v) is 5.46. The van der Waals surface area contributed by atoms with Crippen molar-refractivity contribution in [2.24, 2.45) is 11.8 Å². The van der Waals surface area contributed by atoms with Gasteiger partial charge < -0.3 is 14.8 Å². The van der Waals surface area contributed by atoms with E-state index >= 15 is 0 Å². The van der Waals surface area contributed by atoms with E-state index in [2.05, 4.69) is 34.2 Å². The zero-order valence-corrected chi connectivity index (χ0v) is 14.2. The second-order valence-electron chi connectivity index (χ2n) is 6.39. The summed E-state index contributed by atoms with van der Waals surface area (Å²) in [6.07, 6.45) is 6.96. The van der Waals surface area contributed by atoms with Gasteiger partial charge in [0.2, 0.25) is 6.79 Å². The Kier molecular flexibility index (Phi) is 5.07. The van der Waals surface area contributed by atoms with E-state index in [-0.39, 0.29) is 0 Å². The van der Waals surface area contributed by atoms with Gasteiger partial charge in [0.15, 0.2) is 11.5 Å². The first-order chi connectivity index (χ1) is 10.2. The number of fused-ring (bicyclic) bond motifs is 1. The van der Waals surface area contributed by atoms with E-state index in [0.717, 1.165) is 40.9 Å². The number of nitrogens with one attached hydrogen (secondary N) is 1. The van der Waals surface area contributed by atoms with Gasteiger partial charge in [0, 0.05) is 11.0 Å². The van der Waals surface area contributed by atoms with E-state index in [9.17, 15) is 0 Å². The molecule has 1 fully saturated rings. The van der Waals surface area contributed by atoms with E-state index in [1.807, 2.05) is 6.07 Å².